The van der Waals surface area contributed by atoms with Crippen LogP contribution in [0, 0.1) is 11.7 Å². The number of carbonyl (C=O) groups is 1. The third kappa shape index (κ3) is 2.31. The number of rotatable bonds is 1. The van der Waals surface area contributed by atoms with Gasteiger partial charge in [-0.1, -0.05) is 0 Å². The van der Waals surface area contributed by atoms with E-state index < -0.39 is 0 Å². The van der Waals surface area contributed by atoms with Gasteiger partial charge in [0.25, 0.3) is 0 Å². The minimum atomic E-state index is -0.298. The van der Waals surface area contributed by atoms with Crippen LogP contribution in [0.25, 0.3) is 0 Å². The van der Waals surface area contributed by atoms with Gasteiger partial charge in [-0.05, 0) is 36.6 Å². The van der Waals surface area contributed by atoms with Crippen molar-refractivity contribution < 1.29 is 9.18 Å². The van der Waals surface area contributed by atoms with Crippen molar-refractivity contribution in [1.29, 1.82) is 0 Å². The van der Waals surface area contributed by atoms with Gasteiger partial charge in [0, 0.05) is 31.4 Å². The first-order valence-electron chi connectivity index (χ1n) is 6.25. The second-order valence-electron chi connectivity index (χ2n) is 5.05. The summed E-state index contributed by atoms with van der Waals surface area (Å²) >= 11 is 0. The van der Waals surface area contributed by atoms with Gasteiger partial charge in [0.1, 0.15) is 5.82 Å². The van der Waals surface area contributed by atoms with Crippen molar-refractivity contribution in [3.8, 4) is 0 Å². The van der Waals surface area contributed by atoms with Crippen LogP contribution in [0.5, 0.6) is 0 Å². The maximum Gasteiger partial charge on any atom is 0.321 e. The van der Waals surface area contributed by atoms with Crippen molar-refractivity contribution in [3.63, 3.8) is 0 Å². The van der Waals surface area contributed by atoms with Gasteiger partial charge in [0.05, 0.1) is 0 Å². The lowest BCUT2D eigenvalue weighted by atomic mass is 10.0. The SMILES string of the molecule is O=C(Nc1ccc(F)cc1)N1C[C@@H]2CN[C@@H](C2)C1. The average molecular weight is 249 g/mol. The number of urea groups is 1. The number of amides is 2. The van der Waals surface area contributed by atoms with Crippen LogP contribution in [0.2, 0.25) is 0 Å². The van der Waals surface area contributed by atoms with Crippen molar-refractivity contribution in [1.82, 2.24) is 10.2 Å². The molecule has 2 amide bonds. The predicted molar refractivity (Wildman–Crippen MR) is 66.9 cm³/mol. The Hall–Kier alpha value is -1.62. The van der Waals surface area contributed by atoms with E-state index in [9.17, 15) is 9.18 Å². The molecule has 0 radical (unpaired) electrons. The molecule has 0 aromatic heterocycles. The molecule has 96 valence electrons. The highest BCUT2D eigenvalue weighted by atomic mass is 19.1. The Kier molecular flexibility index (Phi) is 2.91. The van der Waals surface area contributed by atoms with Crippen LogP contribution < -0.4 is 10.6 Å². The second kappa shape index (κ2) is 4.57. The summed E-state index contributed by atoms with van der Waals surface area (Å²) in [6.45, 7) is 2.56. The van der Waals surface area contributed by atoms with Gasteiger partial charge in [-0.25, -0.2) is 9.18 Å². The molecule has 2 N–H and O–H groups in total. The Labute approximate surface area is 105 Å². The number of halogens is 1. The molecule has 2 bridgehead atoms. The first kappa shape index (κ1) is 11.5. The molecule has 0 unspecified atom stereocenters. The molecule has 2 fully saturated rings. The lowest BCUT2D eigenvalue weighted by molar-refractivity contribution is 0.186. The fraction of sp³-hybridized carbons (Fsp3) is 0.462. The molecule has 5 heteroatoms. The van der Waals surface area contributed by atoms with Gasteiger partial charge in [-0.2, -0.15) is 0 Å². The number of hydrogen-bond acceptors (Lipinski definition) is 2. The fourth-order valence-corrected chi connectivity index (χ4v) is 2.73. The van der Waals surface area contributed by atoms with E-state index in [1.807, 2.05) is 4.90 Å². The van der Waals surface area contributed by atoms with Gasteiger partial charge in [-0.15, -0.1) is 0 Å². The molecule has 1 aromatic rings. The first-order valence-corrected chi connectivity index (χ1v) is 6.25. The number of hydrogen-bond donors (Lipinski definition) is 2. The summed E-state index contributed by atoms with van der Waals surface area (Å²) in [4.78, 5) is 13.9. The highest BCUT2D eigenvalue weighted by Gasteiger charge is 2.34. The van der Waals surface area contributed by atoms with E-state index in [0.717, 1.165) is 19.6 Å². The third-order valence-corrected chi connectivity index (χ3v) is 3.62. The highest BCUT2D eigenvalue weighted by Crippen LogP contribution is 2.22. The molecule has 2 aliphatic heterocycles. The quantitative estimate of drug-likeness (QED) is 0.795. The highest BCUT2D eigenvalue weighted by molar-refractivity contribution is 5.89. The van der Waals surface area contributed by atoms with Crippen LogP contribution in [0.1, 0.15) is 6.42 Å². The number of fused-ring (bicyclic) bond motifs is 2. The number of benzene rings is 1. The Bertz CT molecular complexity index is 436. The Balaban J connectivity index is 1.63. The minimum Gasteiger partial charge on any atom is -0.323 e. The molecule has 0 spiro atoms. The average Bonchev–Trinajstić information content (AvgIpc) is 2.71. The van der Waals surface area contributed by atoms with Crippen molar-refractivity contribution in [2.24, 2.45) is 5.92 Å². The zero-order valence-corrected chi connectivity index (χ0v) is 10.0. The van der Waals surface area contributed by atoms with E-state index >= 15 is 0 Å². The van der Waals surface area contributed by atoms with Crippen molar-refractivity contribution in [3.05, 3.63) is 30.1 Å². The van der Waals surface area contributed by atoms with E-state index in [2.05, 4.69) is 10.6 Å². The van der Waals surface area contributed by atoms with Crippen LogP contribution in [-0.4, -0.2) is 36.6 Å². The van der Waals surface area contributed by atoms with Gasteiger partial charge in [0.15, 0.2) is 0 Å². The maximum absolute atomic E-state index is 12.8. The monoisotopic (exact) mass is 249 g/mol. The molecule has 0 saturated carbocycles. The standard InChI is InChI=1S/C13H16FN3O/c14-10-1-3-11(4-2-10)16-13(18)17-7-9-5-12(8-17)15-6-9/h1-4,9,12,15H,5-8H2,(H,16,18)/t9-,12-/m0/s1. The second-order valence-corrected chi connectivity index (χ2v) is 5.05. The van der Waals surface area contributed by atoms with E-state index in [1.165, 1.54) is 18.6 Å². The van der Waals surface area contributed by atoms with E-state index in [-0.39, 0.29) is 11.8 Å². The normalized spacial score (nSPS) is 26.2. The maximum atomic E-state index is 12.8. The predicted octanol–water partition coefficient (Wildman–Crippen LogP) is 1.65. The molecule has 3 rings (SSSR count). The van der Waals surface area contributed by atoms with Crippen molar-refractivity contribution >= 4 is 11.7 Å². The number of carbonyl (C=O) groups excluding carboxylic acids is 1. The van der Waals surface area contributed by atoms with Crippen LogP contribution in [0.4, 0.5) is 14.9 Å². The van der Waals surface area contributed by atoms with Crippen LogP contribution >= 0.6 is 0 Å². The number of likely N-dealkylation sites (tertiary alicyclic amines) is 1. The summed E-state index contributed by atoms with van der Waals surface area (Å²) in [6, 6.07) is 6.17. The van der Waals surface area contributed by atoms with Crippen LogP contribution in [0.15, 0.2) is 24.3 Å². The zero-order chi connectivity index (χ0) is 12.5. The number of nitrogens with one attached hydrogen (secondary N) is 2. The number of nitrogens with zero attached hydrogens (tertiary/aromatic N) is 1. The summed E-state index contributed by atoms with van der Waals surface area (Å²) in [7, 11) is 0. The van der Waals surface area contributed by atoms with Gasteiger partial charge in [0.2, 0.25) is 0 Å². The number of anilines is 1. The third-order valence-electron chi connectivity index (χ3n) is 3.62. The summed E-state index contributed by atoms with van der Waals surface area (Å²) in [5.74, 6) is 0.274. The van der Waals surface area contributed by atoms with Gasteiger partial charge < -0.3 is 15.5 Å². The summed E-state index contributed by atoms with van der Waals surface area (Å²) in [5, 5.41) is 6.20. The molecule has 18 heavy (non-hydrogen) atoms. The number of piperidine rings is 1. The molecular weight excluding hydrogens is 233 g/mol. The largest absolute Gasteiger partial charge is 0.323 e. The smallest absolute Gasteiger partial charge is 0.321 e. The molecular formula is C13H16FN3O. The Morgan fingerprint density at radius 1 is 1.33 bits per heavy atom. The molecule has 0 aliphatic carbocycles. The van der Waals surface area contributed by atoms with Crippen molar-refractivity contribution in [2.45, 2.75) is 12.5 Å². The minimum absolute atomic E-state index is 0.0972. The summed E-state index contributed by atoms with van der Waals surface area (Å²) in [5.41, 5.74) is 0.632. The molecule has 2 atom stereocenters. The summed E-state index contributed by atoms with van der Waals surface area (Å²) < 4.78 is 12.8. The fourth-order valence-electron chi connectivity index (χ4n) is 2.73. The van der Waals surface area contributed by atoms with Gasteiger partial charge in [-0.3, -0.25) is 0 Å². The van der Waals surface area contributed by atoms with E-state index in [1.54, 1.807) is 12.1 Å². The lowest BCUT2D eigenvalue weighted by Crippen LogP contribution is -2.46. The zero-order valence-electron chi connectivity index (χ0n) is 10.0. The molecule has 2 aliphatic rings. The summed E-state index contributed by atoms with van der Waals surface area (Å²) in [6.07, 6.45) is 1.17. The Morgan fingerprint density at radius 3 is 2.83 bits per heavy atom. The molecule has 2 heterocycles. The van der Waals surface area contributed by atoms with Crippen LogP contribution in [-0.2, 0) is 0 Å². The molecule has 2 saturated heterocycles. The first-order chi connectivity index (χ1) is 8.70. The van der Waals surface area contributed by atoms with E-state index in [0.29, 0.717) is 17.6 Å². The van der Waals surface area contributed by atoms with E-state index in [4.69, 9.17) is 0 Å². The molecule has 4 nitrogen and oxygen atoms in total. The lowest BCUT2D eigenvalue weighted by Gasteiger charge is -2.31. The van der Waals surface area contributed by atoms with Gasteiger partial charge >= 0.3 is 6.03 Å². The molecule has 1 aromatic carbocycles. The van der Waals surface area contributed by atoms with Crippen LogP contribution in [0.3, 0.4) is 0 Å². The Morgan fingerprint density at radius 2 is 2.11 bits per heavy atom. The topological polar surface area (TPSA) is 44.4 Å². The van der Waals surface area contributed by atoms with Crippen molar-refractivity contribution in [2.75, 3.05) is 25.0 Å².